The minimum Gasteiger partial charge on any atom is -0.352 e. The maximum absolute atomic E-state index is 12.5. The first-order chi connectivity index (χ1) is 14.1. The summed E-state index contributed by atoms with van der Waals surface area (Å²) < 4.78 is 0. The Hall–Kier alpha value is -3.12. The molecule has 2 aromatic carbocycles. The van der Waals surface area contributed by atoms with Gasteiger partial charge in [0.25, 0.3) is 0 Å². The number of benzene rings is 2. The first-order valence-corrected chi connectivity index (χ1v) is 9.93. The van der Waals surface area contributed by atoms with E-state index in [0.717, 1.165) is 17.1 Å². The van der Waals surface area contributed by atoms with Crippen LogP contribution < -0.4 is 10.2 Å². The van der Waals surface area contributed by atoms with Gasteiger partial charge in [0.2, 0.25) is 0 Å². The highest BCUT2D eigenvalue weighted by Gasteiger charge is 2.22. The molecular weight excluding hydrogens is 386 g/mol. The van der Waals surface area contributed by atoms with E-state index >= 15 is 0 Å². The summed E-state index contributed by atoms with van der Waals surface area (Å²) in [5.74, 6) is 0.829. The number of aryl methyl sites for hydroxylation is 1. The van der Waals surface area contributed by atoms with E-state index in [-0.39, 0.29) is 6.03 Å². The van der Waals surface area contributed by atoms with E-state index in [2.05, 4.69) is 51.6 Å². The Morgan fingerprint density at radius 2 is 1.72 bits per heavy atom. The number of nitrogens with one attached hydrogen (secondary N) is 1. The van der Waals surface area contributed by atoms with Gasteiger partial charge in [0, 0.05) is 42.5 Å². The van der Waals surface area contributed by atoms with Gasteiger partial charge in [-0.2, -0.15) is 0 Å². The van der Waals surface area contributed by atoms with Crippen LogP contribution >= 0.6 is 11.6 Å². The average molecular weight is 408 g/mol. The Balaban J connectivity index is 1.34. The highest BCUT2D eigenvalue weighted by atomic mass is 35.5. The first-order valence-electron chi connectivity index (χ1n) is 9.56. The number of amides is 2. The Bertz CT molecular complexity index is 983. The molecule has 2 amide bonds. The number of halogens is 1. The van der Waals surface area contributed by atoms with Crippen LogP contribution in [-0.2, 0) is 0 Å². The van der Waals surface area contributed by atoms with Crippen LogP contribution in [0.4, 0.5) is 16.3 Å². The van der Waals surface area contributed by atoms with Crippen molar-refractivity contribution in [1.29, 1.82) is 0 Å². The van der Waals surface area contributed by atoms with Crippen LogP contribution in [0.25, 0.3) is 11.3 Å². The number of aromatic nitrogens is 2. The predicted molar refractivity (Wildman–Crippen MR) is 116 cm³/mol. The molecule has 0 aliphatic carbocycles. The highest BCUT2D eigenvalue weighted by molar-refractivity contribution is 6.30. The van der Waals surface area contributed by atoms with Crippen molar-refractivity contribution in [3.8, 4) is 11.3 Å². The number of hydrogen-bond donors (Lipinski definition) is 1. The molecule has 148 valence electrons. The van der Waals surface area contributed by atoms with Crippen LogP contribution in [0.15, 0.2) is 60.7 Å². The van der Waals surface area contributed by atoms with E-state index < -0.39 is 0 Å². The fourth-order valence-corrected chi connectivity index (χ4v) is 3.47. The van der Waals surface area contributed by atoms with Crippen LogP contribution in [-0.4, -0.2) is 47.3 Å². The van der Waals surface area contributed by atoms with Gasteiger partial charge >= 0.3 is 6.03 Å². The second kappa shape index (κ2) is 8.49. The summed E-state index contributed by atoms with van der Waals surface area (Å²) in [5, 5.41) is 12.3. The number of carbonyl (C=O) groups excluding carboxylic acids is 1. The Labute approximate surface area is 175 Å². The third-order valence-electron chi connectivity index (χ3n) is 4.96. The number of nitrogens with zero attached hydrogens (tertiary/aromatic N) is 4. The SMILES string of the molecule is Cc1ccc(-c2ccc(N3CCN(C(=O)Nc4cccc(Cl)c4)CC3)nn2)cc1. The first kappa shape index (κ1) is 19.2. The van der Waals surface area contributed by atoms with E-state index in [0.29, 0.717) is 36.9 Å². The van der Waals surface area contributed by atoms with Crippen molar-refractivity contribution in [3.63, 3.8) is 0 Å². The molecule has 29 heavy (non-hydrogen) atoms. The number of rotatable bonds is 3. The molecule has 1 saturated heterocycles. The zero-order valence-electron chi connectivity index (χ0n) is 16.2. The molecular formula is C22H22ClN5O. The number of piperazine rings is 1. The largest absolute Gasteiger partial charge is 0.352 e. The smallest absolute Gasteiger partial charge is 0.321 e. The van der Waals surface area contributed by atoms with Gasteiger partial charge in [0.1, 0.15) is 0 Å². The Morgan fingerprint density at radius 3 is 2.38 bits per heavy atom. The van der Waals surface area contributed by atoms with E-state index in [1.807, 2.05) is 24.3 Å². The molecule has 0 radical (unpaired) electrons. The molecule has 0 atom stereocenters. The van der Waals surface area contributed by atoms with Crippen LogP contribution in [0.3, 0.4) is 0 Å². The fourth-order valence-electron chi connectivity index (χ4n) is 3.28. The summed E-state index contributed by atoms with van der Waals surface area (Å²) >= 11 is 5.97. The Kier molecular flexibility index (Phi) is 5.62. The zero-order valence-corrected chi connectivity index (χ0v) is 16.9. The van der Waals surface area contributed by atoms with Crippen LogP contribution in [0, 0.1) is 6.92 Å². The van der Waals surface area contributed by atoms with E-state index in [1.54, 1.807) is 17.0 Å². The van der Waals surface area contributed by atoms with Crippen molar-refractivity contribution < 1.29 is 4.79 Å². The lowest BCUT2D eigenvalue weighted by Crippen LogP contribution is -2.50. The molecule has 0 bridgehead atoms. The fraction of sp³-hybridized carbons (Fsp3) is 0.227. The van der Waals surface area contributed by atoms with E-state index in [4.69, 9.17) is 11.6 Å². The average Bonchev–Trinajstić information content (AvgIpc) is 2.75. The Morgan fingerprint density at radius 1 is 0.966 bits per heavy atom. The van der Waals surface area contributed by atoms with Crippen molar-refractivity contribution in [2.24, 2.45) is 0 Å². The summed E-state index contributed by atoms with van der Waals surface area (Å²) in [7, 11) is 0. The number of urea groups is 1. The highest BCUT2D eigenvalue weighted by Crippen LogP contribution is 2.20. The minimum absolute atomic E-state index is 0.118. The lowest BCUT2D eigenvalue weighted by Gasteiger charge is -2.35. The van der Waals surface area contributed by atoms with Gasteiger partial charge in [0.15, 0.2) is 5.82 Å². The summed E-state index contributed by atoms with van der Waals surface area (Å²) in [6.45, 7) is 4.72. The normalized spacial score (nSPS) is 14.0. The number of carbonyl (C=O) groups is 1. The summed E-state index contributed by atoms with van der Waals surface area (Å²) in [6.07, 6.45) is 0. The second-order valence-electron chi connectivity index (χ2n) is 7.06. The summed E-state index contributed by atoms with van der Waals surface area (Å²) in [6, 6.07) is 19.3. The number of hydrogen-bond acceptors (Lipinski definition) is 4. The zero-order chi connectivity index (χ0) is 20.2. The summed E-state index contributed by atoms with van der Waals surface area (Å²) in [4.78, 5) is 16.4. The molecule has 1 aromatic heterocycles. The maximum Gasteiger partial charge on any atom is 0.321 e. The topological polar surface area (TPSA) is 61.4 Å². The molecule has 1 fully saturated rings. The minimum atomic E-state index is -0.118. The van der Waals surface area contributed by atoms with E-state index in [9.17, 15) is 4.79 Å². The van der Waals surface area contributed by atoms with Crippen LogP contribution in [0.1, 0.15) is 5.56 Å². The van der Waals surface area contributed by atoms with Crippen LogP contribution in [0.5, 0.6) is 0 Å². The molecule has 1 aliphatic heterocycles. The van der Waals surface area contributed by atoms with Gasteiger partial charge in [0.05, 0.1) is 5.69 Å². The van der Waals surface area contributed by atoms with Crippen molar-refractivity contribution in [3.05, 3.63) is 71.2 Å². The molecule has 4 rings (SSSR count). The molecule has 2 heterocycles. The summed E-state index contributed by atoms with van der Waals surface area (Å²) in [5.41, 5.74) is 3.82. The third kappa shape index (κ3) is 4.66. The van der Waals surface area contributed by atoms with Gasteiger partial charge in [-0.15, -0.1) is 10.2 Å². The van der Waals surface area contributed by atoms with Gasteiger partial charge < -0.3 is 15.1 Å². The van der Waals surface area contributed by atoms with E-state index in [1.165, 1.54) is 5.56 Å². The molecule has 0 spiro atoms. The van der Waals surface area contributed by atoms with Crippen molar-refractivity contribution >= 4 is 29.1 Å². The van der Waals surface area contributed by atoms with Crippen LogP contribution in [0.2, 0.25) is 5.02 Å². The predicted octanol–water partition coefficient (Wildman–Crippen LogP) is 4.46. The monoisotopic (exact) mass is 407 g/mol. The molecule has 0 unspecified atom stereocenters. The van der Waals surface area contributed by atoms with Gasteiger partial charge in [-0.1, -0.05) is 47.5 Å². The molecule has 0 saturated carbocycles. The van der Waals surface area contributed by atoms with Crippen molar-refractivity contribution in [2.75, 3.05) is 36.4 Å². The van der Waals surface area contributed by atoms with Crippen molar-refractivity contribution in [1.82, 2.24) is 15.1 Å². The van der Waals surface area contributed by atoms with Gasteiger partial charge in [-0.3, -0.25) is 0 Å². The quantitative estimate of drug-likeness (QED) is 0.696. The maximum atomic E-state index is 12.5. The number of anilines is 2. The molecule has 1 aliphatic rings. The third-order valence-corrected chi connectivity index (χ3v) is 5.20. The lowest BCUT2D eigenvalue weighted by atomic mass is 10.1. The molecule has 7 heteroatoms. The molecule has 1 N–H and O–H groups in total. The van der Waals surface area contributed by atoms with Gasteiger partial charge in [-0.25, -0.2) is 4.79 Å². The second-order valence-corrected chi connectivity index (χ2v) is 7.49. The lowest BCUT2D eigenvalue weighted by molar-refractivity contribution is 0.208. The standard InChI is InChI=1S/C22H22ClN5O/c1-16-5-7-17(8-6-16)20-9-10-21(26-25-20)27-11-13-28(14-12-27)22(29)24-19-4-2-3-18(23)15-19/h2-10,15H,11-14H2,1H3,(H,24,29). The molecule has 3 aromatic rings. The van der Waals surface area contributed by atoms with Gasteiger partial charge in [-0.05, 0) is 37.3 Å². The van der Waals surface area contributed by atoms with Crippen molar-refractivity contribution in [2.45, 2.75) is 6.92 Å². The molecule has 6 nitrogen and oxygen atoms in total.